The molecule has 0 rings (SSSR count). The molecule has 15 heavy (non-hydrogen) atoms. The average molecular weight is 234 g/mol. The fraction of sp³-hybridized carbons (Fsp3) is 0.667. The SMILES string of the molecule is O=C([O-])C(O)CO.O=C([O-])C(O)CO.[Mg+2]. The van der Waals surface area contributed by atoms with Gasteiger partial charge in [0.25, 0.3) is 0 Å². The summed E-state index contributed by atoms with van der Waals surface area (Å²) in [4.78, 5) is 18.8. The predicted octanol–water partition coefficient (Wildman–Crippen LogP) is -6.20. The van der Waals surface area contributed by atoms with E-state index in [1.807, 2.05) is 0 Å². The van der Waals surface area contributed by atoms with Crippen molar-refractivity contribution in [1.82, 2.24) is 0 Å². The number of carbonyl (C=O) groups excluding carboxylic acids is 2. The molecule has 0 aromatic carbocycles. The molecule has 0 heterocycles. The standard InChI is InChI=1S/2C3H6O4.Mg/c2*4-1-2(5)3(6)7;/h2*2,4-5H,1H2,(H,6,7);/q;;+2/p-2. The number of aliphatic hydroxyl groups excluding tert-OH is 4. The van der Waals surface area contributed by atoms with E-state index in [4.69, 9.17) is 20.4 Å². The van der Waals surface area contributed by atoms with Crippen LogP contribution in [-0.4, -0.2) is 80.8 Å². The third kappa shape index (κ3) is 13.5. The van der Waals surface area contributed by atoms with E-state index in [-0.39, 0.29) is 23.1 Å². The molecule has 4 N–H and O–H groups in total. The molecule has 0 saturated heterocycles. The van der Waals surface area contributed by atoms with Crippen LogP contribution in [0.3, 0.4) is 0 Å². The smallest absolute Gasteiger partial charge is 0.547 e. The van der Waals surface area contributed by atoms with Crippen molar-refractivity contribution in [2.24, 2.45) is 0 Å². The number of aliphatic carboxylic acids is 2. The molecule has 0 radical (unpaired) electrons. The number of carboxylic acids is 2. The van der Waals surface area contributed by atoms with E-state index in [0.717, 1.165) is 0 Å². The van der Waals surface area contributed by atoms with Crippen molar-refractivity contribution in [3.05, 3.63) is 0 Å². The van der Waals surface area contributed by atoms with Crippen molar-refractivity contribution >= 4 is 35.0 Å². The quantitative estimate of drug-likeness (QED) is 0.349. The third-order valence-electron chi connectivity index (χ3n) is 0.890. The van der Waals surface area contributed by atoms with E-state index in [1.165, 1.54) is 0 Å². The fourth-order valence-corrected chi connectivity index (χ4v) is 0.149. The number of hydrogen-bond acceptors (Lipinski definition) is 8. The van der Waals surface area contributed by atoms with Gasteiger partial charge in [0.15, 0.2) is 0 Å². The molecule has 0 aromatic heterocycles. The van der Waals surface area contributed by atoms with Crippen LogP contribution < -0.4 is 10.2 Å². The Bertz CT molecular complexity index is 164. The molecule has 0 aromatic rings. The maximum Gasteiger partial charge on any atom is 2.00 e. The minimum Gasteiger partial charge on any atom is -0.547 e. The van der Waals surface area contributed by atoms with Crippen LogP contribution in [0.4, 0.5) is 0 Å². The van der Waals surface area contributed by atoms with Crippen LogP contribution in [0.5, 0.6) is 0 Å². The Morgan fingerprint density at radius 2 is 1.13 bits per heavy atom. The van der Waals surface area contributed by atoms with Gasteiger partial charge in [-0.3, -0.25) is 0 Å². The van der Waals surface area contributed by atoms with Crippen molar-refractivity contribution in [2.75, 3.05) is 13.2 Å². The molecule has 9 heteroatoms. The minimum absolute atomic E-state index is 0. The summed E-state index contributed by atoms with van der Waals surface area (Å²) in [6, 6.07) is 0. The zero-order chi connectivity index (χ0) is 11.7. The zero-order valence-corrected chi connectivity index (χ0v) is 9.11. The van der Waals surface area contributed by atoms with Crippen LogP contribution in [0.2, 0.25) is 0 Å². The Kier molecular flexibility index (Phi) is 15.5. The molecule has 0 saturated carbocycles. The topological polar surface area (TPSA) is 161 Å². The van der Waals surface area contributed by atoms with Crippen LogP contribution >= 0.6 is 0 Å². The Morgan fingerprint density at radius 3 is 1.13 bits per heavy atom. The van der Waals surface area contributed by atoms with Gasteiger partial charge in [-0.25, -0.2) is 0 Å². The first kappa shape index (κ1) is 20.0. The summed E-state index contributed by atoms with van der Waals surface area (Å²) < 4.78 is 0. The third-order valence-corrected chi connectivity index (χ3v) is 0.890. The van der Waals surface area contributed by atoms with Gasteiger partial charge in [0.05, 0.1) is 25.2 Å². The molecule has 2 atom stereocenters. The van der Waals surface area contributed by atoms with Crippen molar-refractivity contribution < 1.29 is 40.2 Å². The van der Waals surface area contributed by atoms with Gasteiger partial charge < -0.3 is 40.2 Å². The van der Waals surface area contributed by atoms with Crippen LogP contribution in [0.1, 0.15) is 0 Å². The molecule has 0 amide bonds. The van der Waals surface area contributed by atoms with Crippen LogP contribution in [0.15, 0.2) is 0 Å². The predicted molar refractivity (Wildman–Crippen MR) is 42.0 cm³/mol. The van der Waals surface area contributed by atoms with E-state index in [0.29, 0.717) is 0 Å². The summed E-state index contributed by atoms with van der Waals surface area (Å²) >= 11 is 0. The van der Waals surface area contributed by atoms with Crippen molar-refractivity contribution in [1.29, 1.82) is 0 Å². The maximum absolute atomic E-state index is 9.41. The largest absolute Gasteiger partial charge is 2.00 e. The van der Waals surface area contributed by atoms with Gasteiger partial charge in [0, 0.05) is 0 Å². The van der Waals surface area contributed by atoms with Crippen molar-refractivity contribution in [3.8, 4) is 0 Å². The van der Waals surface area contributed by atoms with Gasteiger partial charge in [-0.2, -0.15) is 0 Å². The number of hydrogen-bond donors (Lipinski definition) is 4. The van der Waals surface area contributed by atoms with Crippen LogP contribution in [0.25, 0.3) is 0 Å². The van der Waals surface area contributed by atoms with Gasteiger partial charge in [-0.05, 0) is 0 Å². The molecule has 0 fully saturated rings. The van der Waals surface area contributed by atoms with Crippen molar-refractivity contribution in [3.63, 3.8) is 0 Å². The Morgan fingerprint density at radius 1 is 0.933 bits per heavy atom. The van der Waals surface area contributed by atoms with E-state index < -0.39 is 37.4 Å². The van der Waals surface area contributed by atoms with E-state index in [1.54, 1.807) is 0 Å². The van der Waals surface area contributed by atoms with Gasteiger partial charge in [-0.1, -0.05) is 0 Å². The molecule has 0 aliphatic heterocycles. The molecule has 0 aliphatic carbocycles. The summed E-state index contributed by atoms with van der Waals surface area (Å²) in [5, 5.41) is 50.5. The van der Waals surface area contributed by atoms with Crippen LogP contribution in [0, 0.1) is 0 Å². The summed E-state index contributed by atoms with van der Waals surface area (Å²) in [5.74, 6) is -3.30. The Balaban J connectivity index is -0.000000180. The molecule has 2 unspecified atom stereocenters. The summed E-state index contributed by atoms with van der Waals surface area (Å²) in [5.41, 5.74) is 0. The second-order valence-corrected chi connectivity index (χ2v) is 2.03. The summed E-state index contributed by atoms with van der Waals surface area (Å²) in [6.07, 6.45) is -3.47. The molecular weight excluding hydrogens is 224 g/mol. The second kappa shape index (κ2) is 11.6. The Hall–Kier alpha value is -0.454. The van der Waals surface area contributed by atoms with Gasteiger partial charge in [0.1, 0.15) is 12.2 Å². The molecule has 84 valence electrons. The first-order valence-corrected chi connectivity index (χ1v) is 3.36. The minimum atomic E-state index is -1.74. The van der Waals surface area contributed by atoms with E-state index in [9.17, 15) is 19.8 Å². The molecule has 0 aliphatic rings. The molecule has 0 spiro atoms. The van der Waals surface area contributed by atoms with Gasteiger partial charge in [0.2, 0.25) is 0 Å². The average Bonchev–Trinajstić information content (AvgIpc) is 2.15. The van der Waals surface area contributed by atoms with Crippen molar-refractivity contribution in [2.45, 2.75) is 12.2 Å². The van der Waals surface area contributed by atoms with Crippen LogP contribution in [-0.2, 0) is 9.59 Å². The Labute approximate surface area is 101 Å². The summed E-state index contributed by atoms with van der Waals surface area (Å²) in [7, 11) is 0. The number of carboxylic acid groups (broad SMARTS) is 2. The summed E-state index contributed by atoms with van der Waals surface area (Å²) in [6.45, 7) is -1.58. The van der Waals surface area contributed by atoms with E-state index >= 15 is 0 Å². The number of aliphatic hydroxyl groups is 4. The zero-order valence-electron chi connectivity index (χ0n) is 7.70. The first-order chi connectivity index (χ1) is 6.36. The second-order valence-electron chi connectivity index (χ2n) is 2.03. The number of carbonyl (C=O) groups is 2. The van der Waals surface area contributed by atoms with Gasteiger partial charge in [-0.15, -0.1) is 0 Å². The molecular formula is C6H10MgO8. The molecule has 8 nitrogen and oxygen atoms in total. The maximum atomic E-state index is 9.41. The first-order valence-electron chi connectivity index (χ1n) is 3.36. The normalized spacial score (nSPS) is 12.5. The fourth-order valence-electron chi connectivity index (χ4n) is 0.149. The molecule has 0 bridgehead atoms. The number of rotatable bonds is 4. The van der Waals surface area contributed by atoms with Gasteiger partial charge >= 0.3 is 23.1 Å². The van der Waals surface area contributed by atoms with E-state index in [2.05, 4.69) is 0 Å². The monoisotopic (exact) mass is 234 g/mol.